The maximum Gasteiger partial charge on any atom is 0.169 e. The van der Waals surface area contributed by atoms with Crippen LogP contribution < -0.4 is 0 Å². The highest BCUT2D eigenvalue weighted by Crippen LogP contribution is 2.24. The van der Waals surface area contributed by atoms with Gasteiger partial charge >= 0.3 is 0 Å². The van der Waals surface area contributed by atoms with Crippen LogP contribution in [0.1, 0.15) is 0 Å². The van der Waals surface area contributed by atoms with Gasteiger partial charge in [-0.25, -0.2) is 4.98 Å². The topological polar surface area (TPSA) is 56.0 Å². The van der Waals surface area contributed by atoms with E-state index in [1.54, 1.807) is 18.7 Å². The number of hydrogen-bond donors (Lipinski definition) is 0. The zero-order chi connectivity index (χ0) is 16.6. The molecule has 2 aromatic carbocycles. The van der Waals surface area contributed by atoms with Gasteiger partial charge in [-0.05, 0) is 29.0 Å². The van der Waals surface area contributed by atoms with Crippen molar-refractivity contribution in [3.8, 4) is 22.6 Å². The minimum Gasteiger partial charge on any atom is -0.265 e. The van der Waals surface area contributed by atoms with Crippen LogP contribution in [0.25, 0.3) is 39.1 Å². The SMILES string of the molecule is c1ccc2cc(-c3nnc4cc(-c5ccncc5)ncn34)ccc2c1. The van der Waals surface area contributed by atoms with E-state index in [-0.39, 0.29) is 0 Å². The Balaban J connectivity index is 1.64. The fourth-order valence-corrected chi connectivity index (χ4v) is 3.00. The number of pyridine rings is 1. The number of hydrogen-bond acceptors (Lipinski definition) is 4. The molecule has 0 fully saturated rings. The van der Waals surface area contributed by atoms with E-state index in [9.17, 15) is 0 Å². The molecule has 0 saturated carbocycles. The lowest BCUT2D eigenvalue weighted by atomic mass is 10.1. The molecule has 5 rings (SSSR count). The quantitative estimate of drug-likeness (QED) is 0.492. The van der Waals surface area contributed by atoms with E-state index in [1.165, 1.54) is 10.8 Å². The first-order valence-corrected chi connectivity index (χ1v) is 7.99. The molecule has 5 nitrogen and oxygen atoms in total. The molecular formula is C20H13N5. The highest BCUT2D eigenvalue weighted by molar-refractivity contribution is 5.86. The summed E-state index contributed by atoms with van der Waals surface area (Å²) in [6, 6.07) is 20.4. The summed E-state index contributed by atoms with van der Waals surface area (Å²) < 4.78 is 1.91. The van der Waals surface area contributed by atoms with Gasteiger partial charge in [-0.3, -0.25) is 9.38 Å². The molecule has 0 bridgehead atoms. The van der Waals surface area contributed by atoms with E-state index >= 15 is 0 Å². The van der Waals surface area contributed by atoms with E-state index < -0.39 is 0 Å². The van der Waals surface area contributed by atoms with E-state index in [2.05, 4.69) is 50.5 Å². The Kier molecular flexibility index (Phi) is 3.03. The first kappa shape index (κ1) is 13.8. The fourth-order valence-electron chi connectivity index (χ4n) is 3.00. The summed E-state index contributed by atoms with van der Waals surface area (Å²) in [5.41, 5.74) is 3.65. The molecule has 118 valence electrons. The highest BCUT2D eigenvalue weighted by Gasteiger charge is 2.10. The summed E-state index contributed by atoms with van der Waals surface area (Å²) in [7, 11) is 0. The van der Waals surface area contributed by atoms with Crippen LogP contribution in [0.15, 0.2) is 79.4 Å². The molecule has 0 aliphatic rings. The third-order valence-electron chi connectivity index (χ3n) is 4.28. The third kappa shape index (κ3) is 2.33. The summed E-state index contributed by atoms with van der Waals surface area (Å²) in [5, 5.41) is 11.1. The molecule has 0 radical (unpaired) electrons. The lowest BCUT2D eigenvalue weighted by molar-refractivity contribution is 1.08. The first-order valence-electron chi connectivity index (χ1n) is 7.99. The van der Waals surface area contributed by atoms with Gasteiger partial charge in [0.1, 0.15) is 6.33 Å². The van der Waals surface area contributed by atoms with Crippen molar-refractivity contribution < 1.29 is 0 Å². The second-order valence-electron chi connectivity index (χ2n) is 5.82. The van der Waals surface area contributed by atoms with Gasteiger partial charge in [0.05, 0.1) is 5.69 Å². The van der Waals surface area contributed by atoms with Gasteiger partial charge in [-0.15, -0.1) is 10.2 Å². The zero-order valence-corrected chi connectivity index (χ0v) is 13.2. The van der Waals surface area contributed by atoms with Gasteiger partial charge in [-0.1, -0.05) is 36.4 Å². The summed E-state index contributed by atoms with van der Waals surface area (Å²) in [6.45, 7) is 0. The summed E-state index contributed by atoms with van der Waals surface area (Å²) >= 11 is 0. The monoisotopic (exact) mass is 323 g/mol. The minimum atomic E-state index is 0.768. The second kappa shape index (κ2) is 5.49. The van der Waals surface area contributed by atoms with Crippen molar-refractivity contribution >= 4 is 16.4 Å². The van der Waals surface area contributed by atoms with Crippen LogP contribution in [0.2, 0.25) is 0 Å². The van der Waals surface area contributed by atoms with Gasteiger partial charge < -0.3 is 0 Å². The largest absolute Gasteiger partial charge is 0.265 e. The minimum absolute atomic E-state index is 0.768. The predicted molar refractivity (Wildman–Crippen MR) is 97.0 cm³/mol. The van der Waals surface area contributed by atoms with Crippen LogP contribution in [0.5, 0.6) is 0 Å². The smallest absolute Gasteiger partial charge is 0.169 e. The third-order valence-corrected chi connectivity index (χ3v) is 4.28. The Morgan fingerprint density at radius 1 is 0.720 bits per heavy atom. The maximum atomic E-state index is 4.55. The van der Waals surface area contributed by atoms with E-state index in [0.717, 1.165) is 28.3 Å². The van der Waals surface area contributed by atoms with Crippen LogP contribution in [0.4, 0.5) is 0 Å². The molecule has 0 saturated heterocycles. The van der Waals surface area contributed by atoms with Gasteiger partial charge in [0.15, 0.2) is 11.5 Å². The lowest BCUT2D eigenvalue weighted by Gasteiger charge is -2.04. The molecular weight excluding hydrogens is 310 g/mol. The molecule has 0 aliphatic carbocycles. The highest BCUT2D eigenvalue weighted by atomic mass is 15.3. The molecule has 0 aliphatic heterocycles. The summed E-state index contributed by atoms with van der Waals surface area (Å²) in [5.74, 6) is 0.787. The predicted octanol–water partition coefficient (Wildman–Crippen LogP) is 4.01. The van der Waals surface area contributed by atoms with Gasteiger partial charge in [0.25, 0.3) is 0 Å². The Bertz CT molecular complexity index is 1190. The van der Waals surface area contributed by atoms with Crippen LogP contribution in [0.3, 0.4) is 0 Å². The molecule has 3 heterocycles. The number of aromatic nitrogens is 5. The molecule has 5 heteroatoms. The van der Waals surface area contributed by atoms with Crippen molar-refractivity contribution in [3.05, 3.63) is 79.4 Å². The van der Waals surface area contributed by atoms with Crippen molar-refractivity contribution in [3.63, 3.8) is 0 Å². The molecule has 0 spiro atoms. The second-order valence-corrected chi connectivity index (χ2v) is 5.82. The molecule has 25 heavy (non-hydrogen) atoms. The Morgan fingerprint density at radius 2 is 1.56 bits per heavy atom. The van der Waals surface area contributed by atoms with Crippen LogP contribution in [-0.2, 0) is 0 Å². The summed E-state index contributed by atoms with van der Waals surface area (Å²) in [6.07, 6.45) is 5.28. The molecule has 0 N–H and O–H groups in total. The van der Waals surface area contributed by atoms with Gasteiger partial charge in [0.2, 0.25) is 0 Å². The fraction of sp³-hybridized carbons (Fsp3) is 0. The van der Waals surface area contributed by atoms with Crippen molar-refractivity contribution in [2.75, 3.05) is 0 Å². The van der Waals surface area contributed by atoms with Crippen LogP contribution >= 0.6 is 0 Å². The standard InChI is InChI=1S/C20H13N5/c1-2-4-16-11-17(6-5-14(16)3-1)20-24-23-19-12-18(22-13-25(19)20)15-7-9-21-10-8-15/h1-13H. The Labute approximate surface area is 143 Å². The van der Waals surface area contributed by atoms with E-state index in [1.807, 2.05) is 34.7 Å². The molecule has 0 atom stereocenters. The number of fused-ring (bicyclic) bond motifs is 2. The van der Waals surface area contributed by atoms with E-state index in [0.29, 0.717) is 0 Å². The average Bonchev–Trinajstić information content (AvgIpc) is 3.11. The van der Waals surface area contributed by atoms with Crippen molar-refractivity contribution in [2.24, 2.45) is 0 Å². The first-order chi connectivity index (χ1) is 12.4. The molecule has 3 aromatic heterocycles. The average molecular weight is 323 g/mol. The Morgan fingerprint density at radius 3 is 2.44 bits per heavy atom. The van der Waals surface area contributed by atoms with Crippen LogP contribution in [-0.4, -0.2) is 24.6 Å². The molecule has 0 unspecified atom stereocenters. The maximum absolute atomic E-state index is 4.55. The van der Waals surface area contributed by atoms with Gasteiger partial charge in [0, 0.05) is 29.6 Å². The summed E-state index contributed by atoms with van der Waals surface area (Å²) in [4.78, 5) is 8.59. The Hall–Kier alpha value is -3.60. The van der Waals surface area contributed by atoms with Crippen molar-refractivity contribution in [2.45, 2.75) is 0 Å². The molecule has 5 aromatic rings. The van der Waals surface area contributed by atoms with Crippen molar-refractivity contribution in [1.82, 2.24) is 24.6 Å². The zero-order valence-electron chi connectivity index (χ0n) is 13.2. The van der Waals surface area contributed by atoms with E-state index in [4.69, 9.17) is 0 Å². The lowest BCUT2D eigenvalue weighted by Crippen LogP contribution is -1.93. The normalized spacial score (nSPS) is 11.2. The van der Waals surface area contributed by atoms with Gasteiger partial charge in [-0.2, -0.15) is 0 Å². The van der Waals surface area contributed by atoms with Crippen LogP contribution in [0, 0.1) is 0 Å². The number of nitrogens with zero attached hydrogens (tertiary/aromatic N) is 5. The number of rotatable bonds is 2. The number of benzene rings is 2. The molecule has 0 amide bonds. The van der Waals surface area contributed by atoms with Crippen molar-refractivity contribution in [1.29, 1.82) is 0 Å².